The first kappa shape index (κ1) is 17.6. The van der Waals surface area contributed by atoms with Crippen molar-refractivity contribution in [3.05, 3.63) is 29.3 Å². The fourth-order valence-electron chi connectivity index (χ4n) is 2.52. The quantitative estimate of drug-likeness (QED) is 0.727. The summed E-state index contributed by atoms with van der Waals surface area (Å²) in [6.45, 7) is 2.63. The van der Waals surface area contributed by atoms with Crippen LogP contribution in [0.3, 0.4) is 0 Å². The number of likely N-dealkylation sites (tertiary alicyclic amines) is 1. The molecule has 1 fully saturated rings. The number of carbonyl (C=O) groups excluding carboxylic acids is 2. The number of nitrogens with one attached hydrogen (secondary N) is 1. The number of hydrogen-bond acceptors (Lipinski definition) is 4. The number of primary amides is 1. The Hall–Kier alpha value is -1.79. The van der Waals surface area contributed by atoms with E-state index in [1.807, 2.05) is 4.90 Å². The van der Waals surface area contributed by atoms with Gasteiger partial charge in [0.15, 0.2) is 0 Å². The van der Waals surface area contributed by atoms with E-state index in [9.17, 15) is 9.59 Å². The number of benzene rings is 1. The molecule has 2 amide bonds. The van der Waals surface area contributed by atoms with Gasteiger partial charge in [0.2, 0.25) is 11.8 Å². The number of nitrogens with zero attached hydrogens (tertiary/aromatic N) is 1. The van der Waals surface area contributed by atoms with Crippen molar-refractivity contribution in [1.29, 1.82) is 0 Å². The van der Waals surface area contributed by atoms with Crippen LogP contribution in [0.25, 0.3) is 0 Å². The van der Waals surface area contributed by atoms with Gasteiger partial charge in [0, 0.05) is 10.9 Å². The van der Waals surface area contributed by atoms with Crippen LogP contribution in [0.5, 0.6) is 5.75 Å². The fraction of sp³-hybridized carbons (Fsp3) is 0.500. The number of halogens is 1. The highest BCUT2D eigenvalue weighted by Crippen LogP contribution is 2.16. The monoisotopic (exact) mass is 339 g/mol. The van der Waals surface area contributed by atoms with Crippen LogP contribution in [0.1, 0.15) is 12.8 Å². The van der Waals surface area contributed by atoms with Crippen LogP contribution >= 0.6 is 11.6 Å². The molecule has 1 aliphatic rings. The van der Waals surface area contributed by atoms with Gasteiger partial charge < -0.3 is 15.8 Å². The van der Waals surface area contributed by atoms with Gasteiger partial charge in [-0.1, -0.05) is 11.6 Å². The molecule has 0 bridgehead atoms. The second kappa shape index (κ2) is 8.74. The molecule has 23 heavy (non-hydrogen) atoms. The van der Waals surface area contributed by atoms with Crippen molar-refractivity contribution in [2.24, 2.45) is 11.7 Å². The summed E-state index contributed by atoms with van der Waals surface area (Å²) in [6.07, 6.45) is 1.45. The molecule has 1 aromatic carbocycles. The summed E-state index contributed by atoms with van der Waals surface area (Å²) in [6, 6.07) is 7.08. The Labute approximate surface area is 140 Å². The van der Waals surface area contributed by atoms with Crippen LogP contribution < -0.4 is 15.8 Å². The van der Waals surface area contributed by atoms with E-state index in [2.05, 4.69) is 5.32 Å². The Kier molecular flexibility index (Phi) is 6.67. The summed E-state index contributed by atoms with van der Waals surface area (Å²) >= 11 is 5.79. The topological polar surface area (TPSA) is 84.7 Å². The maximum absolute atomic E-state index is 11.9. The highest BCUT2D eigenvalue weighted by atomic mass is 35.5. The predicted molar refractivity (Wildman–Crippen MR) is 88.3 cm³/mol. The van der Waals surface area contributed by atoms with Gasteiger partial charge in [0.1, 0.15) is 12.4 Å². The molecule has 0 spiro atoms. The van der Waals surface area contributed by atoms with Crippen molar-refractivity contribution in [3.63, 3.8) is 0 Å². The van der Waals surface area contributed by atoms with Crippen LogP contribution in [0.15, 0.2) is 24.3 Å². The molecule has 0 atom stereocenters. The molecule has 0 aliphatic carbocycles. The molecule has 3 N–H and O–H groups in total. The first-order valence-corrected chi connectivity index (χ1v) is 8.09. The predicted octanol–water partition coefficient (Wildman–Crippen LogP) is 1.03. The molecule has 1 aromatic rings. The largest absolute Gasteiger partial charge is 0.492 e. The second-order valence-electron chi connectivity index (χ2n) is 5.61. The minimum Gasteiger partial charge on any atom is -0.492 e. The number of ether oxygens (including phenoxy) is 1. The van der Waals surface area contributed by atoms with E-state index in [-0.39, 0.29) is 17.7 Å². The Morgan fingerprint density at radius 1 is 1.26 bits per heavy atom. The van der Waals surface area contributed by atoms with Crippen LogP contribution in [0.4, 0.5) is 0 Å². The number of hydrogen-bond donors (Lipinski definition) is 2. The smallest absolute Gasteiger partial charge is 0.234 e. The zero-order valence-corrected chi connectivity index (χ0v) is 13.7. The lowest BCUT2D eigenvalue weighted by Gasteiger charge is -2.29. The van der Waals surface area contributed by atoms with Crippen molar-refractivity contribution in [2.75, 3.05) is 32.8 Å². The standard InChI is InChI=1S/C16H22ClN3O3/c17-13-1-3-14(4-2-13)23-10-7-19-15(21)11-20-8-5-12(6-9-20)16(18)22/h1-4,12H,5-11H2,(H2,18,22)(H,19,21). The normalized spacial score (nSPS) is 16.0. The molecule has 1 aliphatic heterocycles. The summed E-state index contributed by atoms with van der Waals surface area (Å²) in [7, 11) is 0. The van der Waals surface area contributed by atoms with Crippen molar-refractivity contribution in [3.8, 4) is 5.75 Å². The first-order valence-electron chi connectivity index (χ1n) is 7.71. The fourth-order valence-corrected chi connectivity index (χ4v) is 2.65. The summed E-state index contributed by atoms with van der Waals surface area (Å²) < 4.78 is 5.50. The second-order valence-corrected chi connectivity index (χ2v) is 6.04. The van der Waals surface area contributed by atoms with E-state index < -0.39 is 0 Å². The number of nitrogens with two attached hydrogens (primary N) is 1. The lowest BCUT2D eigenvalue weighted by molar-refractivity contribution is -0.124. The molecule has 2 rings (SSSR count). The molecule has 126 valence electrons. The molecule has 1 heterocycles. The van der Waals surface area contributed by atoms with Gasteiger partial charge in [0.05, 0.1) is 13.1 Å². The van der Waals surface area contributed by atoms with Crippen molar-refractivity contribution < 1.29 is 14.3 Å². The lowest BCUT2D eigenvalue weighted by atomic mass is 9.96. The third-order valence-electron chi connectivity index (χ3n) is 3.86. The van der Waals surface area contributed by atoms with Gasteiger partial charge in [-0.25, -0.2) is 0 Å². The van der Waals surface area contributed by atoms with Gasteiger partial charge in [-0.2, -0.15) is 0 Å². The van der Waals surface area contributed by atoms with E-state index >= 15 is 0 Å². The van der Waals surface area contributed by atoms with Crippen LogP contribution in [0, 0.1) is 5.92 Å². The summed E-state index contributed by atoms with van der Waals surface area (Å²) in [5, 5.41) is 3.48. The van der Waals surface area contributed by atoms with Gasteiger partial charge >= 0.3 is 0 Å². The minimum atomic E-state index is -0.242. The highest BCUT2D eigenvalue weighted by Gasteiger charge is 2.23. The maximum Gasteiger partial charge on any atom is 0.234 e. The summed E-state index contributed by atoms with van der Waals surface area (Å²) in [5.41, 5.74) is 5.29. The Morgan fingerprint density at radius 3 is 2.52 bits per heavy atom. The minimum absolute atomic E-state index is 0.0396. The Morgan fingerprint density at radius 2 is 1.91 bits per heavy atom. The zero-order valence-electron chi connectivity index (χ0n) is 13.0. The molecule has 6 nitrogen and oxygen atoms in total. The average molecular weight is 340 g/mol. The van der Waals surface area contributed by atoms with E-state index in [4.69, 9.17) is 22.1 Å². The molecule has 0 aromatic heterocycles. The maximum atomic E-state index is 11.9. The van der Waals surface area contributed by atoms with Crippen LogP contribution in [-0.2, 0) is 9.59 Å². The highest BCUT2D eigenvalue weighted by molar-refractivity contribution is 6.30. The van der Waals surface area contributed by atoms with E-state index in [1.165, 1.54) is 0 Å². The number of amides is 2. The van der Waals surface area contributed by atoms with E-state index in [0.717, 1.165) is 31.7 Å². The van der Waals surface area contributed by atoms with E-state index in [1.54, 1.807) is 24.3 Å². The van der Waals surface area contributed by atoms with Crippen molar-refractivity contribution in [2.45, 2.75) is 12.8 Å². The molecule has 0 radical (unpaired) electrons. The molecule has 0 unspecified atom stereocenters. The molecule has 7 heteroatoms. The van der Waals surface area contributed by atoms with Gasteiger partial charge in [-0.3, -0.25) is 14.5 Å². The molecule has 1 saturated heterocycles. The third kappa shape index (κ3) is 6.08. The molecule has 0 saturated carbocycles. The van der Waals surface area contributed by atoms with E-state index in [0.29, 0.717) is 24.7 Å². The first-order chi connectivity index (χ1) is 11.0. The number of carbonyl (C=O) groups is 2. The number of piperidine rings is 1. The van der Waals surface area contributed by atoms with Crippen LogP contribution in [0.2, 0.25) is 5.02 Å². The van der Waals surface area contributed by atoms with Gasteiger partial charge in [0.25, 0.3) is 0 Å². The summed E-state index contributed by atoms with van der Waals surface area (Å²) in [4.78, 5) is 25.0. The van der Waals surface area contributed by atoms with Gasteiger partial charge in [-0.05, 0) is 50.2 Å². The lowest BCUT2D eigenvalue weighted by Crippen LogP contribution is -2.44. The van der Waals surface area contributed by atoms with Crippen molar-refractivity contribution >= 4 is 23.4 Å². The van der Waals surface area contributed by atoms with Crippen molar-refractivity contribution in [1.82, 2.24) is 10.2 Å². The Bertz CT molecular complexity index is 528. The molecular formula is C16H22ClN3O3. The number of rotatable bonds is 7. The Balaban J connectivity index is 1.58. The third-order valence-corrected chi connectivity index (χ3v) is 4.12. The molecular weight excluding hydrogens is 318 g/mol. The SMILES string of the molecule is NC(=O)C1CCN(CC(=O)NCCOc2ccc(Cl)cc2)CC1. The van der Waals surface area contributed by atoms with Crippen LogP contribution in [-0.4, -0.2) is 49.5 Å². The zero-order chi connectivity index (χ0) is 16.7. The van der Waals surface area contributed by atoms with Gasteiger partial charge in [-0.15, -0.1) is 0 Å². The average Bonchev–Trinajstić information content (AvgIpc) is 2.54. The summed E-state index contributed by atoms with van der Waals surface area (Å²) in [5.74, 6) is 0.384.